The minimum atomic E-state index is 0.110. The maximum absolute atomic E-state index is 12.2. The molecule has 0 bridgehead atoms. The molecule has 0 saturated carbocycles. The van der Waals surface area contributed by atoms with Gasteiger partial charge in [0, 0.05) is 19.0 Å². The van der Waals surface area contributed by atoms with Gasteiger partial charge in [-0.05, 0) is 30.2 Å². The van der Waals surface area contributed by atoms with Crippen molar-refractivity contribution in [3.8, 4) is 0 Å². The summed E-state index contributed by atoms with van der Waals surface area (Å²) in [6.45, 7) is 8.14. The van der Waals surface area contributed by atoms with Crippen LogP contribution in [-0.4, -0.2) is 23.9 Å². The Morgan fingerprint density at radius 1 is 1.32 bits per heavy atom. The quantitative estimate of drug-likeness (QED) is 0.813. The molecule has 0 N–H and O–H groups in total. The average molecular weight is 259 g/mol. The lowest BCUT2D eigenvalue weighted by atomic mass is 9.76. The highest BCUT2D eigenvalue weighted by molar-refractivity contribution is 5.78. The molecular weight excluding hydrogens is 234 g/mol. The molecule has 2 nitrogen and oxygen atoms in total. The van der Waals surface area contributed by atoms with Gasteiger partial charge in [0.15, 0.2) is 0 Å². The van der Waals surface area contributed by atoms with E-state index >= 15 is 0 Å². The fourth-order valence-corrected chi connectivity index (χ4v) is 3.10. The van der Waals surface area contributed by atoms with Gasteiger partial charge >= 0.3 is 0 Å². The summed E-state index contributed by atoms with van der Waals surface area (Å²) in [6.07, 6.45) is 3.40. The first-order valence-corrected chi connectivity index (χ1v) is 7.33. The molecule has 1 aromatic carbocycles. The van der Waals surface area contributed by atoms with Crippen molar-refractivity contribution in [1.82, 2.24) is 4.90 Å². The van der Waals surface area contributed by atoms with Crippen LogP contribution in [0.5, 0.6) is 0 Å². The molecule has 1 saturated heterocycles. The van der Waals surface area contributed by atoms with Crippen LogP contribution in [-0.2, 0) is 11.2 Å². The van der Waals surface area contributed by atoms with E-state index in [0.29, 0.717) is 5.91 Å². The highest BCUT2D eigenvalue weighted by atomic mass is 16.2. The van der Waals surface area contributed by atoms with Crippen LogP contribution in [0.15, 0.2) is 30.3 Å². The number of nitrogens with zero attached hydrogens (tertiary/aromatic N) is 1. The third-order valence-electron chi connectivity index (χ3n) is 4.06. The Balaban J connectivity index is 2.05. The molecule has 0 aromatic heterocycles. The zero-order valence-corrected chi connectivity index (χ0v) is 12.4. The molecule has 1 fully saturated rings. The molecular formula is C17H25NO. The van der Waals surface area contributed by atoms with E-state index in [9.17, 15) is 4.79 Å². The lowest BCUT2D eigenvalue weighted by molar-refractivity contribution is -0.137. The summed E-state index contributed by atoms with van der Waals surface area (Å²) < 4.78 is 0. The van der Waals surface area contributed by atoms with Gasteiger partial charge in [-0.2, -0.15) is 0 Å². The van der Waals surface area contributed by atoms with Gasteiger partial charge in [-0.25, -0.2) is 0 Å². The SMILES string of the molecule is CC(C)C(=O)N1CCCC(C)(Cc2ccccc2)C1. The maximum atomic E-state index is 12.2. The van der Waals surface area contributed by atoms with E-state index in [0.717, 1.165) is 25.9 Å². The second-order valence-corrected chi connectivity index (χ2v) is 6.49. The Morgan fingerprint density at radius 3 is 2.63 bits per heavy atom. The summed E-state index contributed by atoms with van der Waals surface area (Å²) in [4.78, 5) is 14.2. The molecule has 19 heavy (non-hydrogen) atoms. The van der Waals surface area contributed by atoms with Crippen LogP contribution >= 0.6 is 0 Å². The first kappa shape index (κ1) is 14.1. The van der Waals surface area contributed by atoms with Gasteiger partial charge in [0.05, 0.1) is 0 Å². The van der Waals surface area contributed by atoms with Crippen LogP contribution in [0.2, 0.25) is 0 Å². The first-order valence-electron chi connectivity index (χ1n) is 7.33. The third-order valence-corrected chi connectivity index (χ3v) is 4.06. The molecule has 0 spiro atoms. The normalized spacial score (nSPS) is 23.7. The van der Waals surface area contributed by atoms with E-state index in [4.69, 9.17) is 0 Å². The van der Waals surface area contributed by atoms with Crippen molar-refractivity contribution in [2.45, 2.75) is 40.0 Å². The molecule has 104 valence electrons. The van der Waals surface area contributed by atoms with Gasteiger partial charge in [-0.15, -0.1) is 0 Å². The number of likely N-dealkylation sites (tertiary alicyclic amines) is 1. The number of carbonyl (C=O) groups is 1. The Bertz CT molecular complexity index is 426. The van der Waals surface area contributed by atoms with E-state index in [1.54, 1.807) is 0 Å². The van der Waals surface area contributed by atoms with E-state index < -0.39 is 0 Å². The third kappa shape index (κ3) is 3.59. The maximum Gasteiger partial charge on any atom is 0.225 e. The molecule has 1 unspecified atom stereocenters. The lowest BCUT2D eigenvalue weighted by Crippen LogP contribution is -2.47. The van der Waals surface area contributed by atoms with Crippen molar-refractivity contribution in [3.05, 3.63) is 35.9 Å². The summed E-state index contributed by atoms with van der Waals surface area (Å²) >= 11 is 0. The highest BCUT2D eigenvalue weighted by Gasteiger charge is 2.33. The van der Waals surface area contributed by atoms with E-state index in [-0.39, 0.29) is 11.3 Å². The van der Waals surface area contributed by atoms with Gasteiger partial charge in [0.1, 0.15) is 0 Å². The van der Waals surface area contributed by atoms with Crippen LogP contribution in [0, 0.1) is 11.3 Å². The van der Waals surface area contributed by atoms with E-state index in [2.05, 4.69) is 42.2 Å². The summed E-state index contributed by atoms with van der Waals surface area (Å²) in [5.41, 5.74) is 1.60. The molecule has 2 heteroatoms. The predicted octanol–water partition coefficient (Wildman–Crippen LogP) is 3.51. The zero-order chi connectivity index (χ0) is 13.9. The Labute approximate surface area is 116 Å². The van der Waals surface area contributed by atoms with Crippen LogP contribution in [0.3, 0.4) is 0 Å². The Kier molecular flexibility index (Phi) is 4.28. The molecule has 1 atom stereocenters. The Hall–Kier alpha value is -1.31. The van der Waals surface area contributed by atoms with Crippen molar-refractivity contribution in [1.29, 1.82) is 0 Å². The minimum absolute atomic E-state index is 0.110. The van der Waals surface area contributed by atoms with Crippen molar-refractivity contribution >= 4 is 5.91 Å². The van der Waals surface area contributed by atoms with Gasteiger partial charge in [0.2, 0.25) is 5.91 Å². The highest BCUT2D eigenvalue weighted by Crippen LogP contribution is 2.33. The number of rotatable bonds is 3. The molecule has 0 aliphatic carbocycles. The summed E-state index contributed by atoms with van der Waals surface area (Å²) in [6, 6.07) is 10.6. The molecule has 1 amide bonds. The Morgan fingerprint density at radius 2 is 2.00 bits per heavy atom. The van der Waals surface area contributed by atoms with Crippen LogP contribution in [0.1, 0.15) is 39.2 Å². The van der Waals surface area contributed by atoms with Crippen molar-refractivity contribution in [3.63, 3.8) is 0 Å². The second-order valence-electron chi connectivity index (χ2n) is 6.49. The van der Waals surface area contributed by atoms with Crippen LogP contribution in [0.25, 0.3) is 0 Å². The monoisotopic (exact) mass is 259 g/mol. The largest absolute Gasteiger partial charge is 0.342 e. The number of amides is 1. The molecule has 2 rings (SSSR count). The molecule has 1 aliphatic heterocycles. The number of hydrogen-bond donors (Lipinski definition) is 0. The topological polar surface area (TPSA) is 20.3 Å². The number of piperidine rings is 1. The molecule has 0 radical (unpaired) electrons. The summed E-state index contributed by atoms with van der Waals surface area (Å²) in [5.74, 6) is 0.415. The van der Waals surface area contributed by atoms with Crippen LogP contribution in [0.4, 0.5) is 0 Å². The minimum Gasteiger partial charge on any atom is -0.342 e. The molecule has 1 aliphatic rings. The van der Waals surface area contributed by atoms with Gasteiger partial charge < -0.3 is 4.90 Å². The van der Waals surface area contributed by atoms with Crippen molar-refractivity contribution < 1.29 is 4.79 Å². The second kappa shape index (κ2) is 5.77. The summed E-state index contributed by atoms with van der Waals surface area (Å²) in [7, 11) is 0. The van der Waals surface area contributed by atoms with Gasteiger partial charge in [-0.1, -0.05) is 51.1 Å². The number of hydrogen-bond acceptors (Lipinski definition) is 1. The van der Waals surface area contributed by atoms with Gasteiger partial charge in [0.25, 0.3) is 0 Å². The molecule has 1 aromatic rings. The summed E-state index contributed by atoms with van der Waals surface area (Å²) in [5, 5.41) is 0. The van der Waals surface area contributed by atoms with Crippen LogP contribution < -0.4 is 0 Å². The first-order chi connectivity index (χ1) is 9.00. The number of benzene rings is 1. The van der Waals surface area contributed by atoms with Crippen molar-refractivity contribution in [2.24, 2.45) is 11.3 Å². The van der Waals surface area contributed by atoms with Crippen molar-refractivity contribution in [2.75, 3.05) is 13.1 Å². The van der Waals surface area contributed by atoms with Gasteiger partial charge in [-0.3, -0.25) is 4.79 Å². The zero-order valence-electron chi connectivity index (χ0n) is 12.4. The predicted molar refractivity (Wildman–Crippen MR) is 78.9 cm³/mol. The average Bonchev–Trinajstić information content (AvgIpc) is 2.38. The fraction of sp³-hybridized carbons (Fsp3) is 0.588. The smallest absolute Gasteiger partial charge is 0.225 e. The molecule has 1 heterocycles. The fourth-order valence-electron chi connectivity index (χ4n) is 3.10. The van der Waals surface area contributed by atoms with E-state index in [1.807, 2.05) is 13.8 Å². The lowest BCUT2D eigenvalue weighted by Gasteiger charge is -2.41. The van der Waals surface area contributed by atoms with E-state index in [1.165, 1.54) is 12.0 Å². The standard InChI is InChI=1S/C17H25NO/c1-14(2)16(19)18-11-7-10-17(3,13-18)12-15-8-5-4-6-9-15/h4-6,8-9,14H,7,10-13H2,1-3H3. The number of carbonyl (C=O) groups excluding carboxylic acids is 1.